The molecule has 0 saturated carbocycles. The van der Waals surface area contributed by atoms with Crippen molar-refractivity contribution < 1.29 is 49.8 Å². The van der Waals surface area contributed by atoms with E-state index in [1.54, 1.807) is 0 Å². The summed E-state index contributed by atoms with van der Waals surface area (Å²) >= 11 is 0.338. The first-order valence-electron chi connectivity index (χ1n) is 12.2. The van der Waals surface area contributed by atoms with Crippen LogP contribution in [0.1, 0.15) is 66.4 Å². The maximum absolute atomic E-state index is 14.2. The predicted molar refractivity (Wildman–Crippen MR) is 133 cm³/mol. The third-order valence-electron chi connectivity index (χ3n) is 6.07. The zero-order valence-corrected chi connectivity index (χ0v) is 23.0. The Hall–Kier alpha value is -3.08. The van der Waals surface area contributed by atoms with Gasteiger partial charge in [-0.05, 0) is 33.3 Å². The monoisotopic (exact) mass is 617 g/mol. The van der Waals surface area contributed by atoms with Crippen LogP contribution in [0.5, 0.6) is 0 Å². The maximum atomic E-state index is 14.2. The van der Waals surface area contributed by atoms with E-state index in [1.807, 2.05) is 5.32 Å². The first-order chi connectivity index (χ1) is 18.6. The average molecular weight is 618 g/mol. The molecule has 17 heteroatoms. The van der Waals surface area contributed by atoms with Gasteiger partial charge in [0.2, 0.25) is 0 Å². The highest BCUT2D eigenvalue weighted by atomic mass is 32.1. The zero-order valence-electron chi connectivity index (χ0n) is 22.2. The molecule has 2 aromatic rings. The molecule has 2 atom stereocenters. The van der Waals surface area contributed by atoms with E-state index in [0.29, 0.717) is 23.6 Å². The summed E-state index contributed by atoms with van der Waals surface area (Å²) in [6.07, 6.45) is -10.6. The molecule has 0 aromatic carbocycles. The summed E-state index contributed by atoms with van der Waals surface area (Å²) in [5.41, 5.74) is -4.40. The number of aromatic nitrogens is 2. The van der Waals surface area contributed by atoms with Crippen molar-refractivity contribution in [1.82, 2.24) is 20.2 Å². The van der Waals surface area contributed by atoms with E-state index in [9.17, 15) is 49.8 Å². The number of carbonyl (C=O) groups is 2. The first kappa shape index (κ1) is 32.4. The molecule has 1 fully saturated rings. The Labute approximate surface area is 233 Å². The third kappa shape index (κ3) is 7.81. The van der Waals surface area contributed by atoms with Gasteiger partial charge in [-0.25, -0.2) is 18.7 Å². The number of likely N-dealkylation sites (tertiary alicyclic amines) is 1. The molecule has 0 spiro atoms. The lowest BCUT2D eigenvalue weighted by Crippen LogP contribution is -2.38. The number of rotatable bonds is 8. The molecule has 3 heterocycles. The lowest BCUT2D eigenvalue weighted by Gasteiger charge is -2.22. The van der Waals surface area contributed by atoms with Crippen molar-refractivity contribution in [3.05, 3.63) is 28.5 Å². The van der Waals surface area contributed by atoms with E-state index in [2.05, 4.69) is 15.3 Å². The number of alkyl halides is 8. The topological polar surface area (TPSA) is 107 Å². The Morgan fingerprint density at radius 3 is 2.34 bits per heavy atom. The number of thiazole rings is 1. The second-order valence-corrected chi connectivity index (χ2v) is 11.3. The van der Waals surface area contributed by atoms with Gasteiger partial charge < -0.3 is 20.6 Å². The highest BCUT2D eigenvalue weighted by Gasteiger charge is 2.47. The molecule has 0 bridgehead atoms. The van der Waals surface area contributed by atoms with Crippen LogP contribution in [0.15, 0.2) is 12.3 Å². The van der Waals surface area contributed by atoms with Crippen LogP contribution in [-0.4, -0.2) is 74.7 Å². The first-order valence-corrected chi connectivity index (χ1v) is 13.1. The molecule has 2 aromatic heterocycles. The number of nitrogens with zero attached hydrogens (tertiary/aromatic N) is 3. The van der Waals surface area contributed by atoms with Gasteiger partial charge in [-0.1, -0.05) is 6.92 Å². The predicted octanol–water partition coefficient (Wildman–Crippen LogP) is 5.35. The van der Waals surface area contributed by atoms with Gasteiger partial charge in [0.15, 0.2) is 5.01 Å². The summed E-state index contributed by atoms with van der Waals surface area (Å²) in [5, 5.41) is 13.6. The Bertz CT molecular complexity index is 1290. The van der Waals surface area contributed by atoms with Crippen LogP contribution >= 0.6 is 11.3 Å². The SMILES string of the molecule is CCC(Nc1cc(C(F)(F)F)c(-c2sc(C(=O)NCC(C)(C)O)nc2C(=O)N2CC(F)(F)CC2C)cn1)C(F)(F)F. The Kier molecular flexibility index (Phi) is 8.94. The normalized spacial score (nSPS) is 18.4. The average Bonchev–Trinajstić information content (AvgIpc) is 3.38. The Balaban J connectivity index is 2.15. The van der Waals surface area contributed by atoms with Crippen LogP contribution < -0.4 is 10.6 Å². The molecular formula is C24H27F8N5O3S. The van der Waals surface area contributed by atoms with Crippen LogP contribution in [0.3, 0.4) is 0 Å². The van der Waals surface area contributed by atoms with Gasteiger partial charge >= 0.3 is 12.4 Å². The molecule has 2 amide bonds. The van der Waals surface area contributed by atoms with Crippen LogP contribution in [0, 0.1) is 0 Å². The summed E-state index contributed by atoms with van der Waals surface area (Å²) in [6.45, 7) is 3.88. The van der Waals surface area contributed by atoms with Gasteiger partial charge in [0.05, 0.1) is 22.6 Å². The smallest absolute Gasteiger partial charge is 0.389 e. The maximum Gasteiger partial charge on any atom is 0.417 e. The minimum Gasteiger partial charge on any atom is -0.389 e. The molecule has 2 unspecified atom stereocenters. The van der Waals surface area contributed by atoms with Crippen molar-refractivity contribution in [2.75, 3.05) is 18.4 Å². The lowest BCUT2D eigenvalue weighted by molar-refractivity contribution is -0.142. The second kappa shape index (κ2) is 11.3. The summed E-state index contributed by atoms with van der Waals surface area (Å²) in [5.74, 6) is -6.15. The summed E-state index contributed by atoms with van der Waals surface area (Å²) in [4.78, 5) is 33.8. The molecule has 1 aliphatic rings. The van der Waals surface area contributed by atoms with Crippen molar-refractivity contribution >= 4 is 29.0 Å². The van der Waals surface area contributed by atoms with Gasteiger partial charge in [0, 0.05) is 30.8 Å². The van der Waals surface area contributed by atoms with Gasteiger partial charge in [-0.3, -0.25) is 9.59 Å². The number of nitrogens with one attached hydrogen (secondary N) is 2. The summed E-state index contributed by atoms with van der Waals surface area (Å²) in [7, 11) is 0. The summed E-state index contributed by atoms with van der Waals surface area (Å²) in [6, 6.07) is -2.88. The van der Waals surface area contributed by atoms with Crippen molar-refractivity contribution in [3.8, 4) is 10.4 Å². The number of halogens is 8. The summed E-state index contributed by atoms with van der Waals surface area (Å²) < 4.78 is 110. The molecule has 228 valence electrons. The zero-order chi connectivity index (χ0) is 31.1. The fourth-order valence-electron chi connectivity index (χ4n) is 4.08. The standard InChI is InChI=1S/C24H27F8N5O3S/c1-5-14(24(30,31)32)35-15-6-13(23(27,28)29)12(8-33-15)17-16(20(39)37-10-22(25,26)7-11(37)2)36-19(41-17)18(38)34-9-21(3,4)40/h6,8,11,14,40H,5,7,9-10H2,1-4H3,(H,33,35)(H,34,38). The van der Waals surface area contributed by atoms with Crippen molar-refractivity contribution in [2.24, 2.45) is 0 Å². The van der Waals surface area contributed by atoms with Gasteiger partial charge in [-0.15, -0.1) is 11.3 Å². The number of hydrogen-bond acceptors (Lipinski definition) is 7. The quantitative estimate of drug-likeness (QED) is 0.345. The minimum atomic E-state index is -5.17. The van der Waals surface area contributed by atoms with Crippen LogP contribution in [0.2, 0.25) is 0 Å². The van der Waals surface area contributed by atoms with E-state index in [-0.39, 0.29) is 6.54 Å². The Morgan fingerprint density at radius 1 is 1.22 bits per heavy atom. The minimum absolute atomic E-state index is 0.299. The highest BCUT2D eigenvalue weighted by molar-refractivity contribution is 7.17. The van der Waals surface area contributed by atoms with E-state index in [4.69, 9.17) is 0 Å². The molecule has 41 heavy (non-hydrogen) atoms. The van der Waals surface area contributed by atoms with Crippen LogP contribution in [0.4, 0.5) is 40.9 Å². The fraction of sp³-hybridized carbons (Fsp3) is 0.583. The number of hydrogen-bond donors (Lipinski definition) is 3. The largest absolute Gasteiger partial charge is 0.417 e. The van der Waals surface area contributed by atoms with Crippen molar-refractivity contribution in [3.63, 3.8) is 0 Å². The van der Waals surface area contributed by atoms with E-state index in [0.717, 1.165) is 4.90 Å². The number of anilines is 1. The molecule has 0 aliphatic carbocycles. The van der Waals surface area contributed by atoms with Crippen LogP contribution in [0.25, 0.3) is 10.4 Å². The highest BCUT2D eigenvalue weighted by Crippen LogP contribution is 2.43. The molecule has 3 rings (SSSR count). The fourth-order valence-corrected chi connectivity index (χ4v) is 5.08. The molecule has 1 aliphatic heterocycles. The molecule has 0 radical (unpaired) electrons. The second-order valence-electron chi connectivity index (χ2n) is 10.3. The van der Waals surface area contributed by atoms with Crippen molar-refractivity contribution in [1.29, 1.82) is 0 Å². The van der Waals surface area contributed by atoms with E-state index < -0.39 is 99.7 Å². The van der Waals surface area contributed by atoms with E-state index >= 15 is 0 Å². The third-order valence-corrected chi connectivity index (χ3v) is 7.16. The van der Waals surface area contributed by atoms with Crippen LogP contribution in [-0.2, 0) is 6.18 Å². The number of amides is 2. The number of pyridine rings is 1. The number of aliphatic hydroxyl groups is 1. The molecule has 1 saturated heterocycles. The van der Waals surface area contributed by atoms with Crippen molar-refractivity contribution in [2.45, 2.75) is 76.5 Å². The molecule has 3 N–H and O–H groups in total. The van der Waals surface area contributed by atoms with Gasteiger partial charge in [-0.2, -0.15) is 26.3 Å². The number of carbonyl (C=O) groups excluding carboxylic acids is 2. The van der Waals surface area contributed by atoms with Gasteiger partial charge in [0.25, 0.3) is 17.7 Å². The van der Waals surface area contributed by atoms with E-state index in [1.165, 1.54) is 27.7 Å². The van der Waals surface area contributed by atoms with Gasteiger partial charge in [0.1, 0.15) is 17.6 Å². The molecule has 8 nitrogen and oxygen atoms in total. The molecular weight excluding hydrogens is 590 g/mol. The Morgan fingerprint density at radius 2 is 1.85 bits per heavy atom. The lowest BCUT2D eigenvalue weighted by atomic mass is 10.1.